The van der Waals surface area contributed by atoms with Gasteiger partial charge in [-0.25, -0.2) is 0 Å². The molecular weight excluding hydrogens is 212 g/mol. The van der Waals surface area contributed by atoms with Gasteiger partial charge in [0.05, 0.1) is 13.7 Å². The van der Waals surface area contributed by atoms with Crippen LogP contribution in [0, 0.1) is 6.92 Å². The normalized spacial score (nSPS) is 12.0. The fourth-order valence-corrected chi connectivity index (χ4v) is 2.14. The van der Waals surface area contributed by atoms with Gasteiger partial charge in [-0.15, -0.1) is 0 Å². The number of ether oxygens (including phenoxy) is 1. The molecule has 0 aliphatic rings. The summed E-state index contributed by atoms with van der Waals surface area (Å²) in [5.41, 5.74) is 3.37. The van der Waals surface area contributed by atoms with Crippen LogP contribution in [0.15, 0.2) is 12.1 Å². The quantitative estimate of drug-likeness (QED) is 0.868. The fourth-order valence-electron chi connectivity index (χ4n) is 2.14. The van der Waals surface area contributed by atoms with Gasteiger partial charge in [-0.3, -0.25) is 0 Å². The van der Waals surface area contributed by atoms with Gasteiger partial charge in [-0.05, 0) is 35.6 Å². The van der Waals surface area contributed by atoms with Crippen molar-refractivity contribution >= 4 is 0 Å². The highest BCUT2D eigenvalue weighted by molar-refractivity contribution is 5.46. The molecule has 0 amide bonds. The molecule has 0 fully saturated rings. The molecule has 0 radical (unpaired) electrons. The number of aliphatic hydroxyl groups excluding tert-OH is 1. The molecule has 0 aromatic heterocycles. The summed E-state index contributed by atoms with van der Waals surface area (Å²) in [5.74, 6) is 1.36. The first-order chi connectivity index (χ1) is 7.83. The number of rotatable bonds is 4. The zero-order valence-corrected chi connectivity index (χ0v) is 11.8. The first-order valence-corrected chi connectivity index (χ1v) is 6.13. The minimum atomic E-state index is -0.208. The lowest BCUT2D eigenvalue weighted by Crippen LogP contribution is -2.23. The van der Waals surface area contributed by atoms with Gasteiger partial charge < -0.3 is 9.84 Å². The highest BCUT2D eigenvalue weighted by atomic mass is 16.5. The molecule has 1 rings (SSSR count). The van der Waals surface area contributed by atoms with E-state index < -0.39 is 0 Å². The number of aryl methyl sites for hydroxylation is 1. The number of aliphatic hydroxyl groups is 1. The van der Waals surface area contributed by atoms with Crippen LogP contribution in [0.2, 0.25) is 0 Å². The van der Waals surface area contributed by atoms with E-state index in [-0.39, 0.29) is 12.0 Å². The van der Waals surface area contributed by atoms with Crippen LogP contribution in [0.25, 0.3) is 0 Å². The van der Waals surface area contributed by atoms with Crippen molar-refractivity contribution in [1.29, 1.82) is 0 Å². The van der Waals surface area contributed by atoms with Crippen molar-refractivity contribution in [2.24, 2.45) is 0 Å². The van der Waals surface area contributed by atoms with Crippen LogP contribution in [0.3, 0.4) is 0 Å². The number of hydrogen-bond acceptors (Lipinski definition) is 2. The van der Waals surface area contributed by atoms with Crippen LogP contribution >= 0.6 is 0 Å². The average molecular weight is 236 g/mol. The van der Waals surface area contributed by atoms with Gasteiger partial charge in [0.2, 0.25) is 0 Å². The first-order valence-electron chi connectivity index (χ1n) is 6.13. The zero-order chi connectivity index (χ0) is 13.2. The van der Waals surface area contributed by atoms with Gasteiger partial charge in [0.15, 0.2) is 0 Å². The topological polar surface area (TPSA) is 29.5 Å². The van der Waals surface area contributed by atoms with Crippen molar-refractivity contribution in [3.63, 3.8) is 0 Å². The lowest BCUT2D eigenvalue weighted by atomic mass is 9.80. The largest absolute Gasteiger partial charge is 0.496 e. The monoisotopic (exact) mass is 236 g/mol. The Labute approximate surface area is 105 Å². The Kier molecular flexibility index (Phi) is 4.21. The smallest absolute Gasteiger partial charge is 0.122 e. The maximum absolute atomic E-state index is 9.50. The Morgan fingerprint density at radius 2 is 1.88 bits per heavy atom. The molecule has 96 valence electrons. The van der Waals surface area contributed by atoms with Crippen molar-refractivity contribution in [2.75, 3.05) is 13.7 Å². The standard InChI is InChI=1S/C15H24O2/c1-10(2)12-8-13(15(4,5)9-16)11(3)7-14(12)17-6/h7-8,10,16H,9H2,1-6H3. The van der Waals surface area contributed by atoms with E-state index in [1.807, 2.05) is 0 Å². The SMILES string of the molecule is COc1cc(C)c(C(C)(C)CO)cc1C(C)C. The first kappa shape index (κ1) is 14.0. The summed E-state index contributed by atoms with van der Waals surface area (Å²) < 4.78 is 5.43. The van der Waals surface area contributed by atoms with Gasteiger partial charge in [-0.1, -0.05) is 33.8 Å². The summed E-state index contributed by atoms with van der Waals surface area (Å²) in [6.07, 6.45) is 0. The van der Waals surface area contributed by atoms with E-state index in [4.69, 9.17) is 4.74 Å². The molecule has 0 saturated heterocycles. The summed E-state index contributed by atoms with van der Waals surface area (Å²) >= 11 is 0. The van der Waals surface area contributed by atoms with E-state index in [2.05, 4.69) is 46.8 Å². The molecule has 2 heteroatoms. The summed E-state index contributed by atoms with van der Waals surface area (Å²) in [6, 6.07) is 4.25. The second kappa shape index (κ2) is 5.09. The molecule has 1 N–H and O–H groups in total. The zero-order valence-electron chi connectivity index (χ0n) is 11.8. The van der Waals surface area contributed by atoms with Crippen LogP contribution in [0.4, 0.5) is 0 Å². The number of methoxy groups -OCH3 is 1. The van der Waals surface area contributed by atoms with Crippen molar-refractivity contribution in [3.8, 4) is 5.75 Å². The van der Waals surface area contributed by atoms with E-state index >= 15 is 0 Å². The van der Waals surface area contributed by atoms with Crippen molar-refractivity contribution in [2.45, 2.75) is 46.0 Å². The number of benzene rings is 1. The van der Waals surface area contributed by atoms with Gasteiger partial charge in [0.1, 0.15) is 5.75 Å². The van der Waals surface area contributed by atoms with E-state index in [0.717, 1.165) is 5.75 Å². The van der Waals surface area contributed by atoms with Crippen LogP contribution in [-0.2, 0) is 5.41 Å². The van der Waals surface area contributed by atoms with Gasteiger partial charge in [0.25, 0.3) is 0 Å². The molecule has 17 heavy (non-hydrogen) atoms. The van der Waals surface area contributed by atoms with Crippen molar-refractivity contribution < 1.29 is 9.84 Å². The Morgan fingerprint density at radius 3 is 2.29 bits per heavy atom. The predicted molar refractivity (Wildman–Crippen MR) is 71.9 cm³/mol. The van der Waals surface area contributed by atoms with Crippen LogP contribution in [-0.4, -0.2) is 18.8 Å². The summed E-state index contributed by atoms with van der Waals surface area (Å²) in [7, 11) is 1.71. The third kappa shape index (κ3) is 2.81. The van der Waals surface area contributed by atoms with Gasteiger partial charge in [0, 0.05) is 5.41 Å². The second-order valence-electron chi connectivity index (χ2n) is 5.61. The van der Waals surface area contributed by atoms with Crippen LogP contribution in [0.1, 0.15) is 50.3 Å². The van der Waals surface area contributed by atoms with Gasteiger partial charge in [-0.2, -0.15) is 0 Å². The molecule has 1 aromatic rings. The lowest BCUT2D eigenvalue weighted by Gasteiger charge is -2.27. The Morgan fingerprint density at radius 1 is 1.29 bits per heavy atom. The summed E-state index contributed by atoms with van der Waals surface area (Å²) in [4.78, 5) is 0. The maximum Gasteiger partial charge on any atom is 0.122 e. The molecule has 0 heterocycles. The molecule has 0 aliphatic carbocycles. The van der Waals surface area contributed by atoms with Crippen LogP contribution in [0.5, 0.6) is 5.75 Å². The molecular formula is C15H24O2. The molecule has 0 bridgehead atoms. The summed E-state index contributed by atoms with van der Waals surface area (Å²) in [6.45, 7) is 10.7. The molecule has 0 atom stereocenters. The fraction of sp³-hybridized carbons (Fsp3) is 0.600. The molecule has 0 aliphatic heterocycles. The van der Waals surface area contributed by atoms with E-state index in [9.17, 15) is 5.11 Å². The molecule has 2 nitrogen and oxygen atoms in total. The Hall–Kier alpha value is -1.02. The molecule has 0 spiro atoms. The van der Waals surface area contributed by atoms with Crippen LogP contribution < -0.4 is 4.74 Å². The number of hydrogen-bond donors (Lipinski definition) is 1. The van der Waals surface area contributed by atoms with Crippen molar-refractivity contribution in [3.05, 3.63) is 28.8 Å². The second-order valence-corrected chi connectivity index (χ2v) is 5.61. The maximum atomic E-state index is 9.50. The lowest BCUT2D eigenvalue weighted by molar-refractivity contribution is 0.218. The van der Waals surface area contributed by atoms with E-state index in [1.54, 1.807) is 7.11 Å². The average Bonchev–Trinajstić information content (AvgIpc) is 2.27. The minimum absolute atomic E-state index is 0.151. The third-order valence-corrected chi connectivity index (χ3v) is 3.32. The molecule has 0 saturated carbocycles. The Balaban J connectivity index is 3.39. The minimum Gasteiger partial charge on any atom is -0.496 e. The molecule has 1 aromatic carbocycles. The summed E-state index contributed by atoms with van der Waals surface area (Å²) in [5, 5.41) is 9.50. The molecule has 0 unspecified atom stereocenters. The van der Waals surface area contributed by atoms with E-state index in [0.29, 0.717) is 5.92 Å². The highest BCUT2D eigenvalue weighted by Crippen LogP contribution is 2.34. The van der Waals surface area contributed by atoms with E-state index in [1.165, 1.54) is 16.7 Å². The predicted octanol–water partition coefficient (Wildman–Crippen LogP) is 3.40. The highest BCUT2D eigenvalue weighted by Gasteiger charge is 2.23. The third-order valence-electron chi connectivity index (χ3n) is 3.32. The van der Waals surface area contributed by atoms with Gasteiger partial charge >= 0.3 is 0 Å². The Bertz CT molecular complexity index is 392. The van der Waals surface area contributed by atoms with Crippen molar-refractivity contribution in [1.82, 2.24) is 0 Å².